The summed E-state index contributed by atoms with van der Waals surface area (Å²) in [6.45, 7) is 5.74. The molecule has 0 aromatic heterocycles. The summed E-state index contributed by atoms with van der Waals surface area (Å²) >= 11 is 0. The number of carbonyl (C=O) groups is 2. The molecule has 0 atom stereocenters. The van der Waals surface area contributed by atoms with Gasteiger partial charge in [-0.2, -0.15) is 0 Å². The Labute approximate surface area is 151 Å². The zero-order valence-electron chi connectivity index (χ0n) is 15.8. The van der Waals surface area contributed by atoms with Crippen molar-refractivity contribution >= 4 is 11.9 Å². The molecule has 0 unspecified atom stereocenters. The van der Waals surface area contributed by atoms with Gasteiger partial charge in [-0.05, 0) is 25.7 Å². The standard InChI is InChI=1S/C17H36N4O4/c1-3-5-14-18-20-24-16(22)12-10-8-7-9-11-13-17(23)25-21-19-15-6-4-2/h18-21H,3-15H2,1-2H3. The lowest BCUT2D eigenvalue weighted by atomic mass is 10.1. The van der Waals surface area contributed by atoms with Crippen molar-refractivity contribution in [1.82, 2.24) is 22.0 Å². The first-order valence-electron chi connectivity index (χ1n) is 9.55. The average Bonchev–Trinajstić information content (AvgIpc) is 2.60. The van der Waals surface area contributed by atoms with Crippen LogP contribution < -0.4 is 22.0 Å². The van der Waals surface area contributed by atoms with Gasteiger partial charge in [0.15, 0.2) is 0 Å². The van der Waals surface area contributed by atoms with E-state index in [4.69, 9.17) is 9.68 Å². The molecule has 0 spiro atoms. The first-order valence-corrected chi connectivity index (χ1v) is 9.55. The molecule has 148 valence electrons. The van der Waals surface area contributed by atoms with Crippen LogP contribution in [0.3, 0.4) is 0 Å². The Morgan fingerprint density at radius 3 is 1.44 bits per heavy atom. The normalized spacial score (nSPS) is 10.6. The number of nitrogens with one attached hydrogen (secondary N) is 4. The van der Waals surface area contributed by atoms with Crippen LogP contribution >= 0.6 is 0 Å². The lowest BCUT2D eigenvalue weighted by molar-refractivity contribution is -0.154. The van der Waals surface area contributed by atoms with Gasteiger partial charge in [0, 0.05) is 25.9 Å². The highest BCUT2D eigenvalue weighted by atomic mass is 16.7. The third kappa shape index (κ3) is 19.0. The van der Waals surface area contributed by atoms with E-state index in [2.05, 4.69) is 35.9 Å². The van der Waals surface area contributed by atoms with E-state index >= 15 is 0 Å². The molecule has 0 aliphatic carbocycles. The van der Waals surface area contributed by atoms with Gasteiger partial charge in [0.1, 0.15) is 0 Å². The predicted octanol–water partition coefficient (Wildman–Crippen LogP) is 2.42. The van der Waals surface area contributed by atoms with Gasteiger partial charge in [-0.15, -0.1) is 0 Å². The number of carbonyl (C=O) groups excluding carboxylic acids is 2. The van der Waals surface area contributed by atoms with Crippen LogP contribution in [0.5, 0.6) is 0 Å². The molecule has 0 saturated heterocycles. The molecular weight excluding hydrogens is 324 g/mol. The maximum atomic E-state index is 11.4. The van der Waals surface area contributed by atoms with Gasteiger partial charge < -0.3 is 9.68 Å². The Balaban J connectivity index is 3.26. The van der Waals surface area contributed by atoms with Crippen LogP contribution in [0.1, 0.15) is 84.5 Å². The predicted molar refractivity (Wildman–Crippen MR) is 96.6 cm³/mol. The second-order valence-corrected chi connectivity index (χ2v) is 5.98. The van der Waals surface area contributed by atoms with Crippen molar-refractivity contribution in [3.05, 3.63) is 0 Å². The molecule has 0 saturated carbocycles. The summed E-state index contributed by atoms with van der Waals surface area (Å²) in [7, 11) is 0. The van der Waals surface area contributed by atoms with Crippen molar-refractivity contribution in [3.8, 4) is 0 Å². The van der Waals surface area contributed by atoms with Gasteiger partial charge in [-0.1, -0.05) is 57.1 Å². The van der Waals surface area contributed by atoms with Crippen LogP contribution in [-0.2, 0) is 19.3 Å². The Bertz CT molecular complexity index is 300. The second-order valence-electron chi connectivity index (χ2n) is 5.98. The van der Waals surface area contributed by atoms with Crippen LogP contribution in [0, 0.1) is 0 Å². The van der Waals surface area contributed by atoms with Crippen molar-refractivity contribution in [2.45, 2.75) is 84.5 Å². The lowest BCUT2D eigenvalue weighted by Crippen LogP contribution is -2.34. The maximum Gasteiger partial charge on any atom is 0.326 e. The summed E-state index contributed by atoms with van der Waals surface area (Å²) in [5.41, 5.74) is 10.6. The van der Waals surface area contributed by atoms with Crippen LogP contribution in [0.25, 0.3) is 0 Å². The zero-order chi connectivity index (χ0) is 18.6. The lowest BCUT2D eigenvalue weighted by Gasteiger charge is -2.07. The molecule has 0 radical (unpaired) electrons. The number of unbranched alkanes of at least 4 members (excludes halogenated alkanes) is 6. The molecule has 0 fully saturated rings. The van der Waals surface area contributed by atoms with E-state index in [1.54, 1.807) is 0 Å². The van der Waals surface area contributed by atoms with Crippen molar-refractivity contribution < 1.29 is 19.3 Å². The quantitative estimate of drug-likeness (QED) is 0.218. The van der Waals surface area contributed by atoms with Crippen LogP contribution in [-0.4, -0.2) is 25.0 Å². The van der Waals surface area contributed by atoms with E-state index in [0.29, 0.717) is 12.8 Å². The second kappa shape index (κ2) is 19.1. The molecule has 4 N–H and O–H groups in total. The van der Waals surface area contributed by atoms with Crippen molar-refractivity contribution in [3.63, 3.8) is 0 Å². The SMILES string of the molecule is CCCCNNOC(=O)CCCCCCCC(=O)ONNCCCC. The maximum absolute atomic E-state index is 11.4. The highest BCUT2D eigenvalue weighted by molar-refractivity contribution is 5.69. The summed E-state index contributed by atoms with van der Waals surface area (Å²) in [5.74, 6) is -0.511. The van der Waals surface area contributed by atoms with Gasteiger partial charge in [-0.25, -0.2) is 10.9 Å². The van der Waals surface area contributed by atoms with Crippen LogP contribution in [0.2, 0.25) is 0 Å². The summed E-state index contributed by atoms with van der Waals surface area (Å²) in [6.07, 6.45) is 9.52. The molecule has 8 nitrogen and oxygen atoms in total. The van der Waals surface area contributed by atoms with E-state index in [-0.39, 0.29) is 11.9 Å². The third-order valence-corrected chi connectivity index (χ3v) is 3.55. The fourth-order valence-corrected chi connectivity index (χ4v) is 1.99. The molecule has 25 heavy (non-hydrogen) atoms. The summed E-state index contributed by atoms with van der Waals surface area (Å²) in [4.78, 5) is 32.5. The van der Waals surface area contributed by atoms with E-state index in [1.807, 2.05) is 0 Å². The minimum absolute atomic E-state index is 0.255. The number of rotatable bonds is 18. The van der Waals surface area contributed by atoms with E-state index in [0.717, 1.165) is 70.9 Å². The largest absolute Gasteiger partial charge is 0.356 e. The van der Waals surface area contributed by atoms with E-state index in [1.165, 1.54) is 0 Å². The summed E-state index contributed by atoms with van der Waals surface area (Å²) < 4.78 is 0. The molecule has 0 heterocycles. The van der Waals surface area contributed by atoms with E-state index < -0.39 is 0 Å². The van der Waals surface area contributed by atoms with Crippen molar-refractivity contribution in [1.29, 1.82) is 0 Å². The molecule has 0 aliphatic heterocycles. The van der Waals surface area contributed by atoms with Gasteiger partial charge in [-0.3, -0.25) is 9.59 Å². The Kier molecular flexibility index (Phi) is 18.2. The number of hydrazine groups is 2. The van der Waals surface area contributed by atoms with Crippen LogP contribution in [0.4, 0.5) is 0 Å². The fourth-order valence-electron chi connectivity index (χ4n) is 1.99. The Morgan fingerprint density at radius 2 is 1.04 bits per heavy atom. The third-order valence-electron chi connectivity index (χ3n) is 3.55. The van der Waals surface area contributed by atoms with Crippen LogP contribution in [0.15, 0.2) is 0 Å². The monoisotopic (exact) mass is 360 g/mol. The van der Waals surface area contributed by atoms with Gasteiger partial charge in [0.25, 0.3) is 0 Å². The molecule has 0 amide bonds. The molecular formula is C17H36N4O4. The highest BCUT2D eigenvalue weighted by Gasteiger charge is 2.04. The topological polar surface area (TPSA) is 101 Å². The van der Waals surface area contributed by atoms with Gasteiger partial charge in [0.05, 0.1) is 0 Å². The summed E-state index contributed by atoms with van der Waals surface area (Å²) in [6, 6.07) is 0. The minimum atomic E-state index is -0.255. The van der Waals surface area contributed by atoms with Gasteiger partial charge >= 0.3 is 11.9 Å². The number of hydrogen-bond acceptors (Lipinski definition) is 8. The smallest absolute Gasteiger partial charge is 0.326 e. The van der Waals surface area contributed by atoms with Gasteiger partial charge in [0.2, 0.25) is 0 Å². The highest BCUT2D eigenvalue weighted by Crippen LogP contribution is 2.08. The average molecular weight is 360 g/mol. The molecule has 0 aromatic rings. The molecule has 0 aromatic carbocycles. The number of hydrogen-bond donors (Lipinski definition) is 4. The van der Waals surface area contributed by atoms with Crippen molar-refractivity contribution in [2.24, 2.45) is 0 Å². The molecule has 0 aliphatic rings. The first kappa shape index (κ1) is 23.8. The molecule has 0 rings (SSSR count). The molecule has 8 heteroatoms. The Morgan fingerprint density at radius 1 is 0.640 bits per heavy atom. The Hall–Kier alpha value is -1.22. The minimum Gasteiger partial charge on any atom is -0.356 e. The summed E-state index contributed by atoms with van der Waals surface area (Å²) in [5, 5.41) is 0. The molecule has 0 bridgehead atoms. The zero-order valence-corrected chi connectivity index (χ0v) is 15.8. The first-order chi connectivity index (χ1) is 12.2. The van der Waals surface area contributed by atoms with Crippen molar-refractivity contribution in [2.75, 3.05) is 13.1 Å². The fraction of sp³-hybridized carbons (Fsp3) is 0.882. The van der Waals surface area contributed by atoms with E-state index in [9.17, 15) is 9.59 Å².